The Kier molecular flexibility index (Phi) is 11.4. The molecule has 0 aliphatic carbocycles. The third-order valence-electron chi connectivity index (χ3n) is 5.80. The van der Waals surface area contributed by atoms with E-state index in [4.69, 9.17) is 13.3 Å². The molecule has 30 heavy (non-hydrogen) atoms. The summed E-state index contributed by atoms with van der Waals surface area (Å²) in [7, 11) is -2.33. The molecule has 0 radical (unpaired) electrons. The van der Waals surface area contributed by atoms with Gasteiger partial charge in [0.15, 0.2) is 0 Å². The van der Waals surface area contributed by atoms with Crippen molar-refractivity contribution in [3.63, 3.8) is 0 Å². The van der Waals surface area contributed by atoms with Gasteiger partial charge in [0.1, 0.15) is 5.60 Å². The summed E-state index contributed by atoms with van der Waals surface area (Å²) in [5.41, 5.74) is 1.79. The van der Waals surface area contributed by atoms with E-state index in [1.807, 2.05) is 6.92 Å². The van der Waals surface area contributed by atoms with Gasteiger partial charge in [0, 0.05) is 13.2 Å². The van der Waals surface area contributed by atoms with Gasteiger partial charge >= 0.3 is 9.53 Å². The van der Waals surface area contributed by atoms with Crippen LogP contribution in [0.15, 0.2) is 60.7 Å². The van der Waals surface area contributed by atoms with E-state index in [1.54, 1.807) is 0 Å². The third-order valence-corrected chi connectivity index (χ3v) is 7.48. The number of hydrogen-bond acceptors (Lipinski definition) is 3. The van der Waals surface area contributed by atoms with Crippen molar-refractivity contribution >= 4 is 9.53 Å². The van der Waals surface area contributed by atoms with Crippen molar-refractivity contribution in [1.82, 2.24) is 0 Å². The first-order valence-corrected chi connectivity index (χ1v) is 13.2. The molecule has 0 saturated heterocycles. The SMILES string of the molecule is CCCCCCO[SiH](OCC)OC(c1ccccc1)(c1ccccc1)C(CC)CC. The molecule has 2 aromatic rings. The highest BCUT2D eigenvalue weighted by Gasteiger charge is 2.44. The summed E-state index contributed by atoms with van der Waals surface area (Å²) >= 11 is 0. The van der Waals surface area contributed by atoms with Crippen molar-refractivity contribution in [2.24, 2.45) is 5.92 Å². The molecule has 0 bridgehead atoms. The van der Waals surface area contributed by atoms with Gasteiger partial charge in [-0.1, -0.05) is 101 Å². The minimum Gasteiger partial charge on any atom is -0.376 e. The minimum absolute atomic E-state index is 0.321. The molecule has 2 rings (SSSR count). The number of hydrogen-bond donors (Lipinski definition) is 0. The highest BCUT2D eigenvalue weighted by molar-refractivity contribution is 6.36. The Bertz CT molecular complexity index is 634. The van der Waals surface area contributed by atoms with Gasteiger partial charge in [-0.3, -0.25) is 0 Å². The second-order valence-electron chi connectivity index (χ2n) is 7.77. The van der Waals surface area contributed by atoms with Crippen molar-refractivity contribution < 1.29 is 13.3 Å². The van der Waals surface area contributed by atoms with Gasteiger partial charge < -0.3 is 13.3 Å². The molecular weight excluding hydrogens is 388 g/mol. The zero-order chi connectivity index (χ0) is 21.7. The molecule has 0 N–H and O–H groups in total. The van der Waals surface area contributed by atoms with Gasteiger partial charge in [-0.05, 0) is 43.2 Å². The van der Waals surface area contributed by atoms with E-state index in [9.17, 15) is 0 Å². The minimum atomic E-state index is -2.33. The molecule has 0 amide bonds. The van der Waals surface area contributed by atoms with E-state index < -0.39 is 15.1 Å². The topological polar surface area (TPSA) is 27.7 Å². The van der Waals surface area contributed by atoms with Crippen LogP contribution in [-0.4, -0.2) is 22.7 Å². The fraction of sp³-hybridized carbons (Fsp3) is 0.538. The summed E-state index contributed by atoms with van der Waals surface area (Å²) in [6.07, 6.45) is 6.76. The van der Waals surface area contributed by atoms with Crippen molar-refractivity contribution in [3.8, 4) is 0 Å². The van der Waals surface area contributed by atoms with Crippen LogP contribution < -0.4 is 0 Å². The van der Waals surface area contributed by atoms with Crippen LogP contribution in [0.25, 0.3) is 0 Å². The maximum Gasteiger partial charge on any atom is 0.485 e. The van der Waals surface area contributed by atoms with Crippen LogP contribution >= 0.6 is 0 Å². The molecule has 0 aliphatic heterocycles. The second kappa shape index (κ2) is 13.8. The summed E-state index contributed by atoms with van der Waals surface area (Å²) in [6, 6.07) is 21.3. The molecule has 1 atom stereocenters. The fourth-order valence-electron chi connectivity index (χ4n) is 4.22. The Morgan fingerprint density at radius 1 is 0.733 bits per heavy atom. The molecular formula is C26H40O3Si. The van der Waals surface area contributed by atoms with Gasteiger partial charge in [-0.2, -0.15) is 0 Å². The zero-order valence-corrected chi connectivity index (χ0v) is 20.5. The maximum absolute atomic E-state index is 7.00. The quantitative estimate of drug-likeness (QED) is 0.232. The Labute approximate surface area is 185 Å². The highest BCUT2D eigenvalue weighted by atomic mass is 28.3. The van der Waals surface area contributed by atoms with E-state index in [0.717, 1.165) is 19.3 Å². The van der Waals surface area contributed by atoms with Gasteiger partial charge in [0.05, 0.1) is 0 Å². The zero-order valence-electron chi connectivity index (χ0n) is 19.3. The van der Waals surface area contributed by atoms with Crippen LogP contribution in [0.5, 0.6) is 0 Å². The molecule has 0 heterocycles. The standard InChI is InChI=1S/C26H40O3Si/c1-5-9-10-17-22-28-30(27-8-4)29-26(23(6-2)7-3,24-18-13-11-14-19-24)25-20-15-12-16-21-25/h11-16,18-21,23,30H,5-10,17,22H2,1-4H3. The highest BCUT2D eigenvalue weighted by Crippen LogP contribution is 2.44. The van der Waals surface area contributed by atoms with E-state index in [2.05, 4.69) is 81.4 Å². The van der Waals surface area contributed by atoms with Crippen LogP contribution in [0.2, 0.25) is 0 Å². The molecule has 1 unspecified atom stereocenters. The Balaban J connectivity index is 2.42. The molecule has 0 aromatic heterocycles. The Morgan fingerprint density at radius 3 is 1.77 bits per heavy atom. The van der Waals surface area contributed by atoms with E-state index in [1.165, 1.54) is 30.4 Å². The summed E-state index contributed by atoms with van der Waals surface area (Å²) in [4.78, 5) is 0. The lowest BCUT2D eigenvalue weighted by atomic mass is 9.74. The van der Waals surface area contributed by atoms with Crippen molar-refractivity contribution in [1.29, 1.82) is 0 Å². The van der Waals surface area contributed by atoms with Crippen LogP contribution in [0, 0.1) is 5.92 Å². The molecule has 0 spiro atoms. The normalized spacial score (nSPS) is 13.0. The van der Waals surface area contributed by atoms with Crippen LogP contribution in [0.1, 0.15) is 77.3 Å². The van der Waals surface area contributed by atoms with E-state index in [-0.39, 0.29) is 0 Å². The van der Waals surface area contributed by atoms with Crippen LogP contribution in [0.4, 0.5) is 0 Å². The fourth-order valence-corrected chi connectivity index (χ4v) is 5.85. The molecule has 3 nitrogen and oxygen atoms in total. The molecule has 166 valence electrons. The maximum atomic E-state index is 7.00. The summed E-state index contributed by atoms with van der Waals surface area (Å²) in [6.45, 7) is 10.1. The van der Waals surface area contributed by atoms with Crippen LogP contribution in [0.3, 0.4) is 0 Å². The molecule has 2 aromatic carbocycles. The molecule has 4 heteroatoms. The number of rotatable bonds is 15. The lowest BCUT2D eigenvalue weighted by molar-refractivity contribution is -0.0273. The smallest absolute Gasteiger partial charge is 0.376 e. The van der Waals surface area contributed by atoms with Gasteiger partial charge in [-0.15, -0.1) is 0 Å². The van der Waals surface area contributed by atoms with Crippen molar-refractivity contribution in [2.75, 3.05) is 13.2 Å². The first kappa shape index (κ1) is 24.8. The summed E-state index contributed by atoms with van der Waals surface area (Å²) in [5.74, 6) is 0.321. The number of unbranched alkanes of at least 4 members (excludes halogenated alkanes) is 3. The second-order valence-corrected chi connectivity index (χ2v) is 9.25. The van der Waals surface area contributed by atoms with Gasteiger partial charge in [0.25, 0.3) is 0 Å². The van der Waals surface area contributed by atoms with Gasteiger partial charge in [-0.25, -0.2) is 0 Å². The predicted octanol–water partition coefficient (Wildman–Crippen LogP) is 6.73. The van der Waals surface area contributed by atoms with E-state index >= 15 is 0 Å². The first-order valence-electron chi connectivity index (χ1n) is 11.7. The Morgan fingerprint density at radius 2 is 1.30 bits per heavy atom. The molecule has 0 aliphatic rings. The van der Waals surface area contributed by atoms with Crippen LogP contribution in [-0.2, 0) is 18.9 Å². The predicted molar refractivity (Wildman–Crippen MR) is 128 cm³/mol. The average Bonchev–Trinajstić information content (AvgIpc) is 2.80. The molecule has 0 saturated carbocycles. The first-order chi connectivity index (χ1) is 14.7. The summed E-state index contributed by atoms with van der Waals surface area (Å²) in [5, 5.41) is 0. The van der Waals surface area contributed by atoms with Crippen molar-refractivity contribution in [3.05, 3.63) is 71.8 Å². The lowest BCUT2D eigenvalue weighted by Crippen LogP contribution is -2.46. The van der Waals surface area contributed by atoms with Crippen molar-refractivity contribution in [2.45, 2.75) is 71.8 Å². The van der Waals surface area contributed by atoms with E-state index in [0.29, 0.717) is 19.1 Å². The number of benzene rings is 2. The monoisotopic (exact) mass is 428 g/mol. The lowest BCUT2D eigenvalue weighted by Gasteiger charge is -2.43. The Hall–Kier alpha value is -1.46. The largest absolute Gasteiger partial charge is 0.485 e. The van der Waals surface area contributed by atoms with Gasteiger partial charge in [0.2, 0.25) is 0 Å². The third kappa shape index (κ3) is 6.52. The summed E-state index contributed by atoms with van der Waals surface area (Å²) < 4.78 is 19.3. The molecule has 0 fully saturated rings. The average molecular weight is 429 g/mol.